The molecule has 3 unspecified atom stereocenters. The fourth-order valence-electron chi connectivity index (χ4n) is 7.52. The molecule has 0 bridgehead atoms. The number of hydrogen-bond donors (Lipinski definition) is 2. The summed E-state index contributed by atoms with van der Waals surface area (Å²) in [5, 5.41) is 9.83. The fourth-order valence-corrected chi connectivity index (χ4v) is 7.74. The van der Waals surface area contributed by atoms with Crippen LogP contribution < -0.4 is 21.1 Å². The number of hydrogen-bond acceptors (Lipinski definition) is 10. The number of carbonyl (C=O) groups is 4. The predicted molar refractivity (Wildman–Crippen MR) is 184 cm³/mol. The van der Waals surface area contributed by atoms with Gasteiger partial charge in [0.1, 0.15) is 16.9 Å². The number of halogens is 2. The van der Waals surface area contributed by atoms with Crippen LogP contribution >= 0.6 is 11.6 Å². The Kier molecular flexibility index (Phi) is 9.18. The van der Waals surface area contributed by atoms with Crippen LogP contribution in [0.15, 0.2) is 47.4 Å². The van der Waals surface area contributed by atoms with Gasteiger partial charge in [0.05, 0.1) is 28.7 Å². The van der Waals surface area contributed by atoms with E-state index in [-0.39, 0.29) is 46.3 Å². The van der Waals surface area contributed by atoms with Crippen molar-refractivity contribution < 1.29 is 23.6 Å². The molecular weight excluding hydrogens is 667 g/mol. The highest BCUT2D eigenvalue weighted by Gasteiger charge is 2.45. The molecule has 3 atom stereocenters. The number of aryl methyl sites for hydroxylation is 1. The number of benzene rings is 2. The first-order valence-electron chi connectivity index (χ1n) is 16.7. The van der Waals surface area contributed by atoms with Crippen molar-refractivity contribution in [2.45, 2.75) is 43.8 Å². The Balaban J connectivity index is 0.953. The monoisotopic (exact) mass is 704 g/mol. The lowest BCUT2D eigenvalue weighted by Gasteiger charge is -2.37. The third-order valence-corrected chi connectivity index (χ3v) is 10.5. The highest BCUT2D eigenvalue weighted by molar-refractivity contribution is 6.33. The van der Waals surface area contributed by atoms with E-state index in [0.29, 0.717) is 37.8 Å². The summed E-state index contributed by atoms with van der Waals surface area (Å²) in [6, 6.07) is 10.2. The number of anilines is 2. The van der Waals surface area contributed by atoms with E-state index in [9.17, 15) is 24.0 Å². The smallest absolute Gasteiger partial charge is 0.287 e. The van der Waals surface area contributed by atoms with Gasteiger partial charge in [-0.25, -0.2) is 9.07 Å². The molecule has 3 saturated heterocycles. The second-order valence-corrected chi connectivity index (χ2v) is 14.0. The summed E-state index contributed by atoms with van der Waals surface area (Å²) in [6.07, 6.45) is 2.53. The molecule has 7 rings (SSSR count). The minimum atomic E-state index is -1.10. The third-order valence-electron chi connectivity index (χ3n) is 10.1. The van der Waals surface area contributed by atoms with Crippen molar-refractivity contribution in [3.63, 3.8) is 0 Å². The zero-order chi connectivity index (χ0) is 35.3. The van der Waals surface area contributed by atoms with Gasteiger partial charge in [-0.2, -0.15) is 5.10 Å². The van der Waals surface area contributed by atoms with Crippen molar-refractivity contribution in [3.8, 4) is 0 Å². The molecule has 0 radical (unpaired) electrons. The Bertz CT molecular complexity index is 1930. The zero-order valence-electron chi connectivity index (χ0n) is 27.8. The molecule has 0 spiro atoms. The number of carbonyl (C=O) groups excluding carboxylic acids is 4. The Morgan fingerprint density at radius 2 is 1.66 bits per heavy atom. The summed E-state index contributed by atoms with van der Waals surface area (Å²) in [7, 11) is 3.65. The molecule has 262 valence electrons. The number of aromatic nitrogens is 2. The van der Waals surface area contributed by atoms with Gasteiger partial charge < -0.3 is 15.1 Å². The normalized spacial score (nSPS) is 23.3. The Morgan fingerprint density at radius 1 is 0.960 bits per heavy atom. The number of rotatable bonds is 7. The van der Waals surface area contributed by atoms with E-state index in [2.05, 4.69) is 56.8 Å². The molecule has 2 aromatic carbocycles. The summed E-state index contributed by atoms with van der Waals surface area (Å²) >= 11 is 6.30. The lowest BCUT2D eigenvalue weighted by Crippen LogP contribution is -2.54. The van der Waals surface area contributed by atoms with Gasteiger partial charge in [-0.05, 0) is 49.1 Å². The number of amides is 4. The highest BCUT2D eigenvalue weighted by Crippen LogP contribution is 2.34. The average Bonchev–Trinajstić information content (AvgIpc) is 3.33. The number of likely N-dealkylation sites (tertiary alicyclic amines) is 1. The first kappa shape index (κ1) is 33.8. The number of imide groups is 2. The van der Waals surface area contributed by atoms with Crippen LogP contribution in [0, 0.1) is 5.82 Å². The molecule has 15 heteroatoms. The molecule has 5 heterocycles. The lowest BCUT2D eigenvalue weighted by atomic mass is 9.87. The minimum Gasteiger partial charge on any atom is -0.378 e. The zero-order valence-corrected chi connectivity index (χ0v) is 28.6. The van der Waals surface area contributed by atoms with E-state index >= 15 is 4.39 Å². The number of fused-ring (bicyclic) bond motifs is 1. The largest absolute Gasteiger partial charge is 0.378 e. The molecule has 50 heavy (non-hydrogen) atoms. The van der Waals surface area contributed by atoms with Crippen molar-refractivity contribution in [1.82, 2.24) is 29.8 Å². The molecule has 1 aromatic heterocycles. The van der Waals surface area contributed by atoms with E-state index < -0.39 is 35.5 Å². The maximum absolute atomic E-state index is 15.4. The minimum absolute atomic E-state index is 0.0164. The van der Waals surface area contributed by atoms with Gasteiger partial charge in [-0.15, -0.1) is 0 Å². The van der Waals surface area contributed by atoms with Crippen LogP contribution in [0.1, 0.15) is 57.0 Å². The number of nitrogens with one attached hydrogen (secondary N) is 2. The summed E-state index contributed by atoms with van der Waals surface area (Å²) in [6.45, 7) is 4.87. The quantitative estimate of drug-likeness (QED) is 0.352. The second kappa shape index (κ2) is 13.6. The van der Waals surface area contributed by atoms with Gasteiger partial charge >= 0.3 is 0 Å². The van der Waals surface area contributed by atoms with Crippen molar-refractivity contribution >= 4 is 46.6 Å². The first-order valence-corrected chi connectivity index (χ1v) is 17.1. The van der Waals surface area contributed by atoms with Gasteiger partial charge in [0.25, 0.3) is 17.4 Å². The summed E-state index contributed by atoms with van der Waals surface area (Å²) in [4.78, 5) is 69.8. The molecule has 4 aliphatic heterocycles. The second-order valence-electron chi connectivity index (χ2n) is 13.6. The number of likely N-dealkylation sites (N-methyl/N-ethyl adjacent to an activating group) is 1. The molecule has 4 amide bonds. The molecule has 4 aliphatic rings. The fraction of sp³-hybridized carbons (Fsp3) is 0.429. The van der Waals surface area contributed by atoms with Crippen molar-refractivity contribution in [3.05, 3.63) is 86.0 Å². The Labute approximate surface area is 292 Å². The average molecular weight is 705 g/mol. The highest BCUT2D eigenvalue weighted by atomic mass is 35.5. The van der Waals surface area contributed by atoms with Gasteiger partial charge in [-0.1, -0.05) is 35.9 Å². The standard InChI is InChI=1S/C35H38ClFN8O5/c1-41-18-22(13-23(19-41)39-27-16-38-42(2)35(50)31(27)36)21-5-3-20(4-6-21)17-43-9-11-44(12-10-43)29-15-25-24(14-26(29)37)33(48)45(34(25)49)28-7-8-30(46)40-32(28)47/h3-6,14-16,22-23,28,39H,7-13,17-19H2,1-2H3,(H,40,46,47). The molecule has 3 fully saturated rings. The van der Waals surface area contributed by atoms with Gasteiger partial charge in [-0.3, -0.25) is 39.1 Å². The first-order chi connectivity index (χ1) is 24.0. The van der Waals surface area contributed by atoms with Crippen LogP contribution in [0.3, 0.4) is 0 Å². The molecular formula is C35H38ClFN8O5. The van der Waals surface area contributed by atoms with Crippen LogP contribution in [0.5, 0.6) is 0 Å². The molecule has 0 aliphatic carbocycles. The molecule has 13 nitrogen and oxygen atoms in total. The maximum atomic E-state index is 15.4. The van der Waals surface area contributed by atoms with Crippen LogP contribution in [0.25, 0.3) is 0 Å². The van der Waals surface area contributed by atoms with Gasteiger partial charge in [0.2, 0.25) is 11.8 Å². The molecule has 2 N–H and O–H groups in total. The molecule has 0 saturated carbocycles. The number of piperazine rings is 1. The van der Waals surface area contributed by atoms with E-state index in [1.165, 1.54) is 21.9 Å². The van der Waals surface area contributed by atoms with E-state index in [4.69, 9.17) is 11.6 Å². The summed E-state index contributed by atoms with van der Waals surface area (Å²) in [5.41, 5.74) is 2.86. The van der Waals surface area contributed by atoms with Crippen LogP contribution in [-0.2, 0) is 23.2 Å². The van der Waals surface area contributed by atoms with E-state index in [1.54, 1.807) is 13.2 Å². The van der Waals surface area contributed by atoms with Crippen molar-refractivity contribution in [2.24, 2.45) is 7.05 Å². The van der Waals surface area contributed by atoms with E-state index in [1.807, 2.05) is 4.90 Å². The van der Waals surface area contributed by atoms with Crippen LogP contribution in [0.4, 0.5) is 15.8 Å². The predicted octanol–water partition coefficient (Wildman–Crippen LogP) is 2.20. The SMILES string of the molecule is CN1CC(Nc2cnn(C)c(=O)c2Cl)CC(c2ccc(CN3CCN(c4cc5c(cc4F)C(=O)N(C4CCC(=O)NC4=O)C5=O)CC3)cc2)C1. The summed E-state index contributed by atoms with van der Waals surface area (Å²) < 4.78 is 16.6. The number of piperidine rings is 2. The summed E-state index contributed by atoms with van der Waals surface area (Å²) in [5.74, 6) is -2.84. The van der Waals surface area contributed by atoms with Gasteiger partial charge in [0.15, 0.2) is 0 Å². The third kappa shape index (κ3) is 6.50. The Morgan fingerprint density at radius 3 is 2.36 bits per heavy atom. The van der Waals surface area contributed by atoms with E-state index in [0.717, 1.165) is 37.0 Å². The Hall–Kier alpha value is -4.66. The van der Waals surface area contributed by atoms with Crippen molar-refractivity contribution in [1.29, 1.82) is 0 Å². The van der Waals surface area contributed by atoms with Crippen molar-refractivity contribution in [2.75, 3.05) is 56.5 Å². The lowest BCUT2D eigenvalue weighted by molar-refractivity contribution is -0.136. The topological polar surface area (TPSA) is 140 Å². The maximum Gasteiger partial charge on any atom is 0.287 e. The van der Waals surface area contributed by atoms with Crippen LogP contribution in [0.2, 0.25) is 5.02 Å². The van der Waals surface area contributed by atoms with Gasteiger partial charge in [0, 0.05) is 65.3 Å². The number of nitrogens with zero attached hydrogens (tertiary/aromatic N) is 6. The van der Waals surface area contributed by atoms with Crippen LogP contribution in [-0.4, -0.2) is 107 Å². The molecule has 3 aromatic rings.